The molecule has 1 rings (SSSR count). The second kappa shape index (κ2) is 4.43. The van der Waals surface area contributed by atoms with Crippen molar-refractivity contribution in [3.05, 3.63) is 34.9 Å². The molecule has 13 heavy (non-hydrogen) atoms. The van der Waals surface area contributed by atoms with E-state index in [1.165, 1.54) is 11.1 Å². The van der Waals surface area contributed by atoms with E-state index >= 15 is 0 Å². The zero-order chi connectivity index (χ0) is 9.84. The van der Waals surface area contributed by atoms with E-state index in [1.54, 1.807) is 0 Å². The number of hydrogen-bond acceptors (Lipinski definition) is 1. The number of aliphatic hydroxyl groups is 1. The van der Waals surface area contributed by atoms with Gasteiger partial charge in [-0.15, -0.1) is 0 Å². The lowest BCUT2D eigenvalue weighted by Gasteiger charge is -2.11. The Hall–Kier alpha value is -0.820. The molecule has 1 unspecified atom stereocenters. The molecule has 0 aromatic heterocycles. The molecule has 1 atom stereocenters. The fraction of sp³-hybridized carbons (Fsp3) is 0.500. The highest BCUT2D eigenvalue weighted by atomic mass is 16.3. The Morgan fingerprint density at radius 2 is 2.08 bits per heavy atom. The standard InChI is InChI=1S/C12H18O/c1-4-9(2)11-6-5-10(3)12(7-11)8-13/h5-7,9,13H,4,8H2,1-3H3. The lowest BCUT2D eigenvalue weighted by molar-refractivity contribution is 0.281. The molecule has 0 aliphatic rings. The Bertz CT molecular complexity index is 278. The number of aliphatic hydroxyl groups excluding tert-OH is 1. The van der Waals surface area contributed by atoms with E-state index in [9.17, 15) is 0 Å². The maximum Gasteiger partial charge on any atom is 0.0684 e. The molecule has 1 heteroatoms. The van der Waals surface area contributed by atoms with Crippen LogP contribution in [0.4, 0.5) is 0 Å². The quantitative estimate of drug-likeness (QED) is 0.754. The van der Waals surface area contributed by atoms with Crippen LogP contribution in [0.15, 0.2) is 18.2 Å². The van der Waals surface area contributed by atoms with Crippen molar-refractivity contribution in [3.8, 4) is 0 Å². The summed E-state index contributed by atoms with van der Waals surface area (Å²) >= 11 is 0. The minimum atomic E-state index is 0.149. The van der Waals surface area contributed by atoms with Gasteiger partial charge in [0.25, 0.3) is 0 Å². The molecule has 0 spiro atoms. The number of aryl methyl sites for hydroxylation is 1. The summed E-state index contributed by atoms with van der Waals surface area (Å²) in [7, 11) is 0. The average Bonchev–Trinajstić information content (AvgIpc) is 2.17. The lowest BCUT2D eigenvalue weighted by atomic mass is 9.95. The third-order valence-electron chi connectivity index (χ3n) is 2.72. The van der Waals surface area contributed by atoms with Gasteiger partial charge >= 0.3 is 0 Å². The van der Waals surface area contributed by atoms with Crippen LogP contribution < -0.4 is 0 Å². The van der Waals surface area contributed by atoms with E-state index in [4.69, 9.17) is 5.11 Å². The third-order valence-corrected chi connectivity index (χ3v) is 2.72. The van der Waals surface area contributed by atoms with Crippen molar-refractivity contribution in [2.75, 3.05) is 0 Å². The highest BCUT2D eigenvalue weighted by Crippen LogP contribution is 2.21. The predicted molar refractivity (Wildman–Crippen MR) is 55.8 cm³/mol. The zero-order valence-corrected chi connectivity index (χ0v) is 8.67. The first-order valence-corrected chi connectivity index (χ1v) is 4.89. The highest BCUT2D eigenvalue weighted by Gasteiger charge is 2.04. The molecule has 1 aromatic rings. The van der Waals surface area contributed by atoms with Gasteiger partial charge in [0.1, 0.15) is 0 Å². The summed E-state index contributed by atoms with van der Waals surface area (Å²) in [4.78, 5) is 0. The molecule has 0 aliphatic carbocycles. The summed E-state index contributed by atoms with van der Waals surface area (Å²) in [5.41, 5.74) is 3.56. The van der Waals surface area contributed by atoms with Gasteiger partial charge in [-0.1, -0.05) is 32.0 Å². The Morgan fingerprint density at radius 3 is 2.62 bits per heavy atom. The SMILES string of the molecule is CCC(C)c1ccc(C)c(CO)c1. The molecule has 0 amide bonds. The van der Waals surface area contributed by atoms with Crippen molar-refractivity contribution in [3.63, 3.8) is 0 Å². The van der Waals surface area contributed by atoms with Crippen LogP contribution in [-0.4, -0.2) is 5.11 Å². The summed E-state index contributed by atoms with van der Waals surface area (Å²) in [6, 6.07) is 6.36. The van der Waals surface area contributed by atoms with Crippen LogP contribution in [0, 0.1) is 6.92 Å². The molecular formula is C12H18O. The fourth-order valence-electron chi connectivity index (χ4n) is 1.40. The third kappa shape index (κ3) is 2.31. The minimum Gasteiger partial charge on any atom is -0.392 e. The zero-order valence-electron chi connectivity index (χ0n) is 8.67. The summed E-state index contributed by atoms with van der Waals surface area (Å²) in [6.07, 6.45) is 1.15. The molecular weight excluding hydrogens is 160 g/mol. The Kier molecular flexibility index (Phi) is 3.49. The van der Waals surface area contributed by atoms with Crippen LogP contribution >= 0.6 is 0 Å². The molecule has 0 radical (unpaired) electrons. The lowest BCUT2D eigenvalue weighted by Crippen LogP contribution is -1.95. The van der Waals surface area contributed by atoms with E-state index in [0.29, 0.717) is 5.92 Å². The second-order valence-corrected chi connectivity index (χ2v) is 3.65. The summed E-state index contributed by atoms with van der Waals surface area (Å²) < 4.78 is 0. The van der Waals surface area contributed by atoms with E-state index in [0.717, 1.165) is 12.0 Å². The molecule has 0 saturated carbocycles. The number of hydrogen-bond donors (Lipinski definition) is 1. The molecule has 0 aliphatic heterocycles. The highest BCUT2D eigenvalue weighted by molar-refractivity contribution is 5.32. The van der Waals surface area contributed by atoms with Crippen molar-refractivity contribution >= 4 is 0 Å². The van der Waals surface area contributed by atoms with Crippen molar-refractivity contribution in [2.45, 2.75) is 39.7 Å². The van der Waals surface area contributed by atoms with Gasteiger partial charge in [-0.2, -0.15) is 0 Å². The van der Waals surface area contributed by atoms with Crippen LogP contribution in [0.2, 0.25) is 0 Å². The first-order valence-electron chi connectivity index (χ1n) is 4.89. The first-order chi connectivity index (χ1) is 6.19. The first kappa shape index (κ1) is 10.3. The van der Waals surface area contributed by atoms with Gasteiger partial charge in [0, 0.05) is 0 Å². The summed E-state index contributed by atoms with van der Waals surface area (Å²) in [6.45, 7) is 6.58. The number of rotatable bonds is 3. The minimum absolute atomic E-state index is 0.149. The second-order valence-electron chi connectivity index (χ2n) is 3.65. The molecule has 0 saturated heterocycles. The molecule has 1 N–H and O–H groups in total. The van der Waals surface area contributed by atoms with Gasteiger partial charge in [0.05, 0.1) is 6.61 Å². The van der Waals surface area contributed by atoms with E-state index < -0.39 is 0 Å². The molecule has 72 valence electrons. The average molecular weight is 178 g/mol. The monoisotopic (exact) mass is 178 g/mol. The van der Waals surface area contributed by atoms with E-state index in [-0.39, 0.29) is 6.61 Å². The van der Waals surface area contributed by atoms with Gasteiger partial charge < -0.3 is 5.11 Å². The Balaban J connectivity index is 2.99. The maximum atomic E-state index is 9.10. The van der Waals surface area contributed by atoms with Crippen molar-refractivity contribution in [2.24, 2.45) is 0 Å². The van der Waals surface area contributed by atoms with Crippen molar-refractivity contribution in [1.82, 2.24) is 0 Å². The van der Waals surface area contributed by atoms with Gasteiger partial charge in [0.2, 0.25) is 0 Å². The van der Waals surface area contributed by atoms with Gasteiger partial charge in [-0.25, -0.2) is 0 Å². The summed E-state index contributed by atoms with van der Waals surface area (Å²) in [5.74, 6) is 0.589. The topological polar surface area (TPSA) is 20.2 Å². The molecule has 0 heterocycles. The van der Waals surface area contributed by atoms with Crippen LogP contribution in [0.3, 0.4) is 0 Å². The van der Waals surface area contributed by atoms with E-state index in [1.807, 2.05) is 6.92 Å². The Labute approximate surface area is 80.4 Å². The van der Waals surface area contributed by atoms with Gasteiger partial charge in [0.15, 0.2) is 0 Å². The number of benzene rings is 1. The smallest absolute Gasteiger partial charge is 0.0684 e. The van der Waals surface area contributed by atoms with Gasteiger partial charge in [-0.05, 0) is 36.0 Å². The van der Waals surface area contributed by atoms with Crippen LogP contribution in [0.25, 0.3) is 0 Å². The fourth-order valence-corrected chi connectivity index (χ4v) is 1.40. The van der Waals surface area contributed by atoms with Crippen LogP contribution in [-0.2, 0) is 6.61 Å². The Morgan fingerprint density at radius 1 is 1.38 bits per heavy atom. The van der Waals surface area contributed by atoms with Crippen LogP contribution in [0.5, 0.6) is 0 Å². The van der Waals surface area contributed by atoms with Crippen molar-refractivity contribution in [1.29, 1.82) is 0 Å². The van der Waals surface area contributed by atoms with Gasteiger partial charge in [-0.3, -0.25) is 0 Å². The molecule has 1 aromatic carbocycles. The van der Waals surface area contributed by atoms with Crippen molar-refractivity contribution < 1.29 is 5.11 Å². The molecule has 0 bridgehead atoms. The largest absolute Gasteiger partial charge is 0.392 e. The normalized spacial score (nSPS) is 12.9. The molecule has 1 nitrogen and oxygen atoms in total. The van der Waals surface area contributed by atoms with Crippen LogP contribution in [0.1, 0.15) is 42.9 Å². The maximum absolute atomic E-state index is 9.10. The van der Waals surface area contributed by atoms with E-state index in [2.05, 4.69) is 32.0 Å². The predicted octanol–water partition coefficient (Wildman–Crippen LogP) is 3.00. The summed E-state index contributed by atoms with van der Waals surface area (Å²) in [5, 5.41) is 9.10. The molecule has 0 fully saturated rings.